The number of benzene rings is 1. The summed E-state index contributed by atoms with van der Waals surface area (Å²) < 4.78 is 38.5. The van der Waals surface area contributed by atoms with E-state index in [0.717, 1.165) is 0 Å². The van der Waals surface area contributed by atoms with Gasteiger partial charge in [-0.25, -0.2) is 13.2 Å². The molecule has 1 fully saturated rings. The first kappa shape index (κ1) is 18.3. The van der Waals surface area contributed by atoms with Gasteiger partial charge in [0, 0.05) is 37.8 Å². The minimum Gasteiger partial charge on any atom is -0.368 e. The Labute approximate surface area is 148 Å². The van der Waals surface area contributed by atoms with Crippen LogP contribution in [-0.4, -0.2) is 52.0 Å². The van der Waals surface area contributed by atoms with Crippen LogP contribution in [0.4, 0.5) is 30.8 Å². The topological polar surface area (TPSA) is 92.0 Å². The normalized spacial score (nSPS) is 18.2. The van der Waals surface area contributed by atoms with Gasteiger partial charge in [0.25, 0.3) is 0 Å². The summed E-state index contributed by atoms with van der Waals surface area (Å²) in [5.41, 5.74) is 6.34. The molecule has 26 heavy (non-hydrogen) atoms. The molecular weight excluding hydrogens is 347 g/mol. The second kappa shape index (κ2) is 8.28. The maximum absolute atomic E-state index is 13.0. The van der Waals surface area contributed by atoms with Crippen molar-refractivity contribution in [3.8, 4) is 0 Å². The van der Waals surface area contributed by atoms with Crippen LogP contribution in [0.2, 0.25) is 0 Å². The van der Waals surface area contributed by atoms with E-state index in [4.69, 9.17) is 5.73 Å². The van der Waals surface area contributed by atoms with E-state index in [0.29, 0.717) is 37.7 Å². The van der Waals surface area contributed by atoms with Crippen LogP contribution in [0.5, 0.6) is 0 Å². The summed E-state index contributed by atoms with van der Waals surface area (Å²) in [4.78, 5) is 14.3. The fraction of sp³-hybridized carbons (Fsp3) is 0.438. The number of nitrogen functional groups attached to an aromatic ring is 1. The maximum atomic E-state index is 13.0. The summed E-state index contributed by atoms with van der Waals surface area (Å²) >= 11 is 0. The SMILES string of the molecule is Nc1nc(CN2CCNCC2CC(F)F)nc(Nc2ccc(F)cc2)n1. The van der Waals surface area contributed by atoms with Crippen molar-refractivity contribution in [3.05, 3.63) is 35.9 Å². The van der Waals surface area contributed by atoms with Gasteiger partial charge < -0.3 is 16.4 Å². The highest BCUT2D eigenvalue weighted by Gasteiger charge is 2.26. The van der Waals surface area contributed by atoms with Crippen LogP contribution in [0, 0.1) is 5.82 Å². The lowest BCUT2D eigenvalue weighted by Gasteiger charge is -2.35. The number of nitrogens with two attached hydrogens (primary N) is 1. The number of anilines is 3. The van der Waals surface area contributed by atoms with Crippen molar-refractivity contribution >= 4 is 17.6 Å². The molecule has 1 aromatic carbocycles. The molecule has 1 aromatic heterocycles. The highest BCUT2D eigenvalue weighted by Crippen LogP contribution is 2.17. The standard InChI is InChI=1S/C16H20F3N7/c17-10-1-3-11(4-2-10)22-16-24-14(23-15(20)25-16)9-26-6-5-21-8-12(26)7-13(18)19/h1-4,12-13,21H,5-9H2,(H3,20,22,23,24,25). The number of nitrogens with one attached hydrogen (secondary N) is 2. The van der Waals surface area contributed by atoms with Crippen LogP contribution in [0.25, 0.3) is 0 Å². The van der Waals surface area contributed by atoms with E-state index in [1.807, 2.05) is 4.90 Å². The largest absolute Gasteiger partial charge is 0.368 e. The van der Waals surface area contributed by atoms with Gasteiger partial charge in [0.1, 0.15) is 11.6 Å². The number of aromatic nitrogens is 3. The Balaban J connectivity index is 1.73. The van der Waals surface area contributed by atoms with Crippen LogP contribution >= 0.6 is 0 Å². The van der Waals surface area contributed by atoms with Gasteiger partial charge in [-0.1, -0.05) is 0 Å². The van der Waals surface area contributed by atoms with Crippen molar-refractivity contribution in [1.29, 1.82) is 0 Å². The summed E-state index contributed by atoms with van der Waals surface area (Å²) in [6.07, 6.45) is -2.59. The van der Waals surface area contributed by atoms with Gasteiger partial charge in [-0.2, -0.15) is 15.0 Å². The predicted molar refractivity (Wildman–Crippen MR) is 91.6 cm³/mol. The Morgan fingerprint density at radius 1 is 1.23 bits per heavy atom. The number of halogens is 3. The minimum absolute atomic E-state index is 0.0279. The Morgan fingerprint density at radius 2 is 2.00 bits per heavy atom. The summed E-state index contributed by atoms with van der Waals surface area (Å²) in [5.74, 6) is 0.290. The quantitative estimate of drug-likeness (QED) is 0.717. The van der Waals surface area contributed by atoms with E-state index < -0.39 is 6.43 Å². The highest BCUT2D eigenvalue weighted by atomic mass is 19.3. The van der Waals surface area contributed by atoms with Crippen LogP contribution in [0.3, 0.4) is 0 Å². The molecule has 1 aliphatic rings. The van der Waals surface area contributed by atoms with E-state index in [2.05, 4.69) is 25.6 Å². The number of hydrogen-bond donors (Lipinski definition) is 3. The molecule has 2 aromatic rings. The van der Waals surface area contributed by atoms with Crippen molar-refractivity contribution in [1.82, 2.24) is 25.2 Å². The van der Waals surface area contributed by atoms with Gasteiger partial charge in [-0.05, 0) is 24.3 Å². The second-order valence-corrected chi connectivity index (χ2v) is 6.02. The number of hydrogen-bond acceptors (Lipinski definition) is 7. The van der Waals surface area contributed by atoms with Gasteiger partial charge in [-0.3, -0.25) is 4.90 Å². The summed E-state index contributed by atoms with van der Waals surface area (Å²) in [6.45, 7) is 2.11. The van der Waals surface area contributed by atoms with Crippen molar-refractivity contribution < 1.29 is 13.2 Å². The zero-order chi connectivity index (χ0) is 18.5. The number of alkyl halides is 2. The van der Waals surface area contributed by atoms with E-state index in [1.54, 1.807) is 12.1 Å². The molecule has 1 aliphatic heterocycles. The molecule has 10 heteroatoms. The Hall–Kier alpha value is -2.46. The van der Waals surface area contributed by atoms with Crippen LogP contribution < -0.4 is 16.4 Å². The molecule has 1 atom stereocenters. The molecule has 0 amide bonds. The Bertz CT molecular complexity index is 726. The van der Waals surface area contributed by atoms with Crippen LogP contribution in [-0.2, 0) is 6.54 Å². The van der Waals surface area contributed by atoms with Gasteiger partial charge in [-0.15, -0.1) is 0 Å². The zero-order valence-corrected chi connectivity index (χ0v) is 14.0. The molecule has 0 radical (unpaired) electrons. The molecule has 1 unspecified atom stereocenters. The average molecular weight is 367 g/mol. The fourth-order valence-electron chi connectivity index (χ4n) is 2.86. The lowest BCUT2D eigenvalue weighted by molar-refractivity contribution is 0.0632. The smallest absolute Gasteiger partial charge is 0.240 e. The van der Waals surface area contributed by atoms with Gasteiger partial charge in [0.05, 0.1) is 6.54 Å². The monoisotopic (exact) mass is 367 g/mol. The highest BCUT2D eigenvalue weighted by molar-refractivity contribution is 5.53. The van der Waals surface area contributed by atoms with Gasteiger partial charge in [0.15, 0.2) is 0 Å². The molecule has 4 N–H and O–H groups in total. The minimum atomic E-state index is -2.37. The lowest BCUT2D eigenvalue weighted by Crippen LogP contribution is -2.51. The second-order valence-electron chi connectivity index (χ2n) is 6.02. The number of nitrogens with zero attached hydrogens (tertiary/aromatic N) is 4. The predicted octanol–water partition coefficient (Wildman–Crippen LogP) is 1.77. The van der Waals surface area contributed by atoms with E-state index in [1.165, 1.54) is 12.1 Å². The van der Waals surface area contributed by atoms with Crippen molar-refractivity contribution in [2.24, 2.45) is 0 Å². The van der Waals surface area contributed by atoms with Crippen LogP contribution in [0.15, 0.2) is 24.3 Å². The molecular formula is C16H20F3N7. The molecule has 1 saturated heterocycles. The molecule has 140 valence electrons. The van der Waals surface area contributed by atoms with Crippen molar-refractivity contribution in [2.45, 2.75) is 25.4 Å². The number of rotatable bonds is 6. The van der Waals surface area contributed by atoms with Crippen molar-refractivity contribution in [2.75, 3.05) is 30.7 Å². The van der Waals surface area contributed by atoms with Crippen molar-refractivity contribution in [3.63, 3.8) is 0 Å². The third-order valence-corrected chi connectivity index (χ3v) is 4.07. The van der Waals surface area contributed by atoms with Gasteiger partial charge in [0.2, 0.25) is 18.3 Å². The molecule has 2 heterocycles. The maximum Gasteiger partial charge on any atom is 0.240 e. The third kappa shape index (κ3) is 5.02. The summed E-state index contributed by atoms with van der Waals surface area (Å²) in [5, 5.41) is 6.05. The molecule has 0 aliphatic carbocycles. The molecule has 0 spiro atoms. The van der Waals surface area contributed by atoms with E-state index in [9.17, 15) is 13.2 Å². The molecule has 0 saturated carbocycles. The first-order chi connectivity index (χ1) is 12.5. The average Bonchev–Trinajstić information content (AvgIpc) is 2.58. The fourth-order valence-corrected chi connectivity index (χ4v) is 2.86. The number of piperazine rings is 1. The van der Waals surface area contributed by atoms with E-state index in [-0.39, 0.29) is 30.2 Å². The summed E-state index contributed by atoms with van der Waals surface area (Å²) in [7, 11) is 0. The lowest BCUT2D eigenvalue weighted by atomic mass is 10.1. The molecule has 3 rings (SSSR count). The Kier molecular flexibility index (Phi) is 5.84. The molecule has 7 nitrogen and oxygen atoms in total. The molecule has 0 bridgehead atoms. The summed E-state index contributed by atoms with van der Waals surface area (Å²) in [6, 6.07) is 5.41. The van der Waals surface area contributed by atoms with Gasteiger partial charge >= 0.3 is 0 Å². The van der Waals surface area contributed by atoms with E-state index >= 15 is 0 Å². The van der Waals surface area contributed by atoms with Crippen LogP contribution in [0.1, 0.15) is 12.2 Å². The first-order valence-corrected chi connectivity index (χ1v) is 8.25. The first-order valence-electron chi connectivity index (χ1n) is 8.25. The zero-order valence-electron chi connectivity index (χ0n) is 14.0. The Morgan fingerprint density at radius 3 is 2.73 bits per heavy atom. The third-order valence-electron chi connectivity index (χ3n) is 4.07.